The van der Waals surface area contributed by atoms with Crippen LogP contribution in [0.4, 0.5) is 4.79 Å². The summed E-state index contributed by atoms with van der Waals surface area (Å²) < 4.78 is 10.3. The first-order valence-corrected chi connectivity index (χ1v) is 7.23. The van der Waals surface area contributed by atoms with E-state index in [4.69, 9.17) is 14.6 Å². The van der Waals surface area contributed by atoms with Crippen LogP contribution in [0.2, 0.25) is 0 Å². The van der Waals surface area contributed by atoms with Gasteiger partial charge in [-0.3, -0.25) is 0 Å². The van der Waals surface area contributed by atoms with E-state index in [9.17, 15) is 9.59 Å². The molecule has 1 atom stereocenters. The van der Waals surface area contributed by atoms with Gasteiger partial charge in [0.05, 0.1) is 13.2 Å². The van der Waals surface area contributed by atoms with Gasteiger partial charge in [0.2, 0.25) is 0 Å². The van der Waals surface area contributed by atoms with Crippen molar-refractivity contribution in [2.75, 3.05) is 7.11 Å². The van der Waals surface area contributed by atoms with E-state index in [1.54, 1.807) is 40.0 Å². The SMILES string of the molecule is COc1ccc(C[C@@H](/C=C/C(=O)O)NC(=O)OC(C)(C)C)cc1. The first kappa shape index (κ1) is 18.5. The molecule has 0 saturated heterocycles. The highest BCUT2D eigenvalue weighted by atomic mass is 16.6. The second kappa shape index (κ2) is 8.22. The predicted molar refractivity (Wildman–Crippen MR) is 86.6 cm³/mol. The molecule has 0 radical (unpaired) electrons. The molecule has 6 nitrogen and oxygen atoms in total. The Balaban J connectivity index is 2.78. The fraction of sp³-hybridized carbons (Fsp3) is 0.412. The van der Waals surface area contributed by atoms with E-state index in [-0.39, 0.29) is 0 Å². The number of amides is 1. The van der Waals surface area contributed by atoms with Crippen LogP contribution >= 0.6 is 0 Å². The molecule has 6 heteroatoms. The Morgan fingerprint density at radius 2 is 1.87 bits per heavy atom. The summed E-state index contributed by atoms with van der Waals surface area (Å²) in [7, 11) is 1.58. The lowest BCUT2D eigenvalue weighted by atomic mass is 10.1. The Labute approximate surface area is 136 Å². The standard InChI is InChI=1S/C17H23NO5/c1-17(2,3)23-16(21)18-13(7-10-15(19)20)11-12-5-8-14(22-4)9-6-12/h5-10,13H,11H2,1-4H3,(H,18,21)(H,19,20)/b10-7+/t13-/m1/s1. The van der Waals surface area contributed by atoms with Gasteiger partial charge in [0.1, 0.15) is 11.4 Å². The summed E-state index contributed by atoms with van der Waals surface area (Å²) in [6.07, 6.45) is 2.28. The molecule has 1 aromatic rings. The Kier molecular flexibility index (Phi) is 6.63. The minimum atomic E-state index is -1.07. The number of hydrogen-bond donors (Lipinski definition) is 2. The molecule has 126 valence electrons. The number of carboxylic acid groups (broad SMARTS) is 1. The molecule has 0 unspecified atom stereocenters. The van der Waals surface area contributed by atoms with Crippen molar-refractivity contribution in [2.45, 2.75) is 38.8 Å². The van der Waals surface area contributed by atoms with Gasteiger partial charge in [-0.05, 0) is 44.9 Å². The average Bonchev–Trinajstić information content (AvgIpc) is 2.43. The zero-order valence-corrected chi connectivity index (χ0v) is 13.8. The van der Waals surface area contributed by atoms with Crippen LogP contribution in [0.3, 0.4) is 0 Å². The minimum absolute atomic E-state index is 0.438. The number of hydrogen-bond acceptors (Lipinski definition) is 4. The summed E-state index contributed by atoms with van der Waals surface area (Å²) in [6.45, 7) is 5.29. The molecule has 0 bridgehead atoms. The smallest absolute Gasteiger partial charge is 0.408 e. The van der Waals surface area contributed by atoms with Crippen molar-refractivity contribution in [3.8, 4) is 5.75 Å². The van der Waals surface area contributed by atoms with Gasteiger partial charge in [-0.15, -0.1) is 0 Å². The lowest BCUT2D eigenvalue weighted by molar-refractivity contribution is -0.131. The normalized spacial score (nSPS) is 12.7. The predicted octanol–water partition coefficient (Wildman–Crippen LogP) is 2.77. The number of carbonyl (C=O) groups is 2. The molecule has 0 aliphatic rings. The third-order valence-corrected chi connectivity index (χ3v) is 2.79. The third-order valence-electron chi connectivity index (χ3n) is 2.79. The summed E-state index contributed by atoms with van der Waals surface area (Å²) in [4.78, 5) is 22.6. The van der Waals surface area contributed by atoms with Crippen molar-refractivity contribution in [1.82, 2.24) is 5.32 Å². The number of carboxylic acids is 1. The molecule has 0 aliphatic carbocycles. The van der Waals surface area contributed by atoms with Crippen LogP contribution in [0, 0.1) is 0 Å². The second-order valence-electron chi connectivity index (χ2n) is 6.00. The van der Waals surface area contributed by atoms with E-state index in [2.05, 4.69) is 5.32 Å². The maximum Gasteiger partial charge on any atom is 0.408 e. The van der Waals surface area contributed by atoms with Gasteiger partial charge in [-0.1, -0.05) is 18.2 Å². The van der Waals surface area contributed by atoms with Crippen molar-refractivity contribution in [2.24, 2.45) is 0 Å². The minimum Gasteiger partial charge on any atom is -0.497 e. The Morgan fingerprint density at radius 3 is 2.35 bits per heavy atom. The highest BCUT2D eigenvalue weighted by Gasteiger charge is 2.18. The molecule has 1 amide bonds. The third kappa shape index (κ3) is 7.90. The maximum absolute atomic E-state index is 11.9. The summed E-state index contributed by atoms with van der Waals surface area (Å²) in [5, 5.41) is 11.4. The number of ether oxygens (including phenoxy) is 2. The zero-order valence-electron chi connectivity index (χ0n) is 13.8. The van der Waals surface area contributed by atoms with Crippen LogP contribution in [0.1, 0.15) is 26.3 Å². The van der Waals surface area contributed by atoms with E-state index in [0.29, 0.717) is 6.42 Å². The number of aliphatic carboxylic acids is 1. The van der Waals surface area contributed by atoms with Crippen LogP contribution in [-0.2, 0) is 16.0 Å². The number of methoxy groups -OCH3 is 1. The fourth-order valence-corrected chi connectivity index (χ4v) is 1.84. The molecule has 0 aromatic heterocycles. The topological polar surface area (TPSA) is 84.9 Å². The molecule has 1 aromatic carbocycles. The van der Waals surface area contributed by atoms with Crippen molar-refractivity contribution in [3.05, 3.63) is 42.0 Å². The van der Waals surface area contributed by atoms with Crippen LogP contribution in [-0.4, -0.2) is 35.9 Å². The number of carbonyl (C=O) groups excluding carboxylic acids is 1. The zero-order chi connectivity index (χ0) is 17.5. The quantitative estimate of drug-likeness (QED) is 0.787. The van der Waals surface area contributed by atoms with Gasteiger partial charge in [-0.2, -0.15) is 0 Å². The lowest BCUT2D eigenvalue weighted by Crippen LogP contribution is -2.39. The van der Waals surface area contributed by atoms with Crippen molar-refractivity contribution < 1.29 is 24.2 Å². The first-order chi connectivity index (χ1) is 10.7. The van der Waals surface area contributed by atoms with E-state index in [1.807, 2.05) is 12.1 Å². The number of nitrogens with one attached hydrogen (secondary N) is 1. The first-order valence-electron chi connectivity index (χ1n) is 7.23. The molecular formula is C17H23NO5. The summed E-state index contributed by atoms with van der Waals surface area (Å²) in [5.74, 6) is -0.345. The number of rotatable bonds is 6. The van der Waals surface area contributed by atoms with Gasteiger partial charge >= 0.3 is 12.1 Å². The van der Waals surface area contributed by atoms with Crippen LogP contribution in [0.5, 0.6) is 5.75 Å². The molecular weight excluding hydrogens is 298 g/mol. The van der Waals surface area contributed by atoms with E-state index >= 15 is 0 Å². The highest BCUT2D eigenvalue weighted by molar-refractivity contribution is 5.80. The molecule has 2 N–H and O–H groups in total. The van der Waals surface area contributed by atoms with Gasteiger partial charge in [-0.25, -0.2) is 9.59 Å². The number of alkyl carbamates (subject to hydrolysis) is 1. The van der Waals surface area contributed by atoms with Crippen molar-refractivity contribution in [3.63, 3.8) is 0 Å². The Hall–Kier alpha value is -2.50. The van der Waals surface area contributed by atoms with Gasteiger partial charge in [0.15, 0.2) is 0 Å². The van der Waals surface area contributed by atoms with Gasteiger partial charge in [0, 0.05) is 6.08 Å². The summed E-state index contributed by atoms with van der Waals surface area (Å²) >= 11 is 0. The van der Waals surface area contributed by atoms with E-state index in [1.165, 1.54) is 6.08 Å². The van der Waals surface area contributed by atoms with Gasteiger partial charge in [0.25, 0.3) is 0 Å². The molecule has 0 heterocycles. The van der Waals surface area contributed by atoms with Gasteiger partial charge < -0.3 is 19.9 Å². The second-order valence-corrected chi connectivity index (χ2v) is 6.00. The average molecular weight is 321 g/mol. The largest absolute Gasteiger partial charge is 0.497 e. The van der Waals surface area contributed by atoms with Crippen LogP contribution in [0.25, 0.3) is 0 Å². The van der Waals surface area contributed by atoms with E-state index < -0.39 is 23.7 Å². The monoisotopic (exact) mass is 321 g/mol. The Morgan fingerprint density at radius 1 is 1.26 bits per heavy atom. The molecule has 0 aliphatic heterocycles. The van der Waals surface area contributed by atoms with E-state index in [0.717, 1.165) is 17.4 Å². The lowest BCUT2D eigenvalue weighted by Gasteiger charge is -2.22. The molecule has 0 fully saturated rings. The Bertz CT molecular complexity index is 557. The highest BCUT2D eigenvalue weighted by Crippen LogP contribution is 2.14. The summed E-state index contributed by atoms with van der Waals surface area (Å²) in [5.41, 5.74) is 0.313. The molecule has 23 heavy (non-hydrogen) atoms. The molecule has 0 spiro atoms. The van der Waals surface area contributed by atoms with Crippen LogP contribution < -0.4 is 10.1 Å². The maximum atomic E-state index is 11.9. The van der Waals surface area contributed by atoms with Crippen molar-refractivity contribution in [1.29, 1.82) is 0 Å². The van der Waals surface area contributed by atoms with Crippen LogP contribution in [0.15, 0.2) is 36.4 Å². The fourth-order valence-electron chi connectivity index (χ4n) is 1.84. The van der Waals surface area contributed by atoms with Crippen molar-refractivity contribution >= 4 is 12.1 Å². The molecule has 0 saturated carbocycles. The molecule has 1 rings (SSSR count). The summed E-state index contributed by atoms with van der Waals surface area (Å²) in [6, 6.07) is 6.84. The number of benzene rings is 1.